The van der Waals surface area contributed by atoms with E-state index in [0.717, 1.165) is 12.0 Å². The van der Waals surface area contributed by atoms with Crippen molar-refractivity contribution in [2.75, 3.05) is 13.2 Å². The molecule has 4 nitrogen and oxygen atoms in total. The van der Waals surface area contributed by atoms with E-state index in [4.69, 9.17) is 14.5 Å². The second-order valence-corrected chi connectivity index (χ2v) is 5.40. The van der Waals surface area contributed by atoms with Gasteiger partial charge in [-0.05, 0) is 30.9 Å². The molecule has 0 aromatic heterocycles. The van der Waals surface area contributed by atoms with Crippen LogP contribution in [0.2, 0.25) is 0 Å². The van der Waals surface area contributed by atoms with Gasteiger partial charge >= 0.3 is 5.97 Å². The fourth-order valence-electron chi connectivity index (χ4n) is 2.13. The molecule has 1 atom stereocenters. The Bertz CT molecular complexity index is 431. The Morgan fingerprint density at radius 3 is 2.73 bits per heavy atom. The van der Waals surface area contributed by atoms with Crippen molar-refractivity contribution in [2.45, 2.75) is 46.5 Å². The summed E-state index contributed by atoms with van der Waals surface area (Å²) in [4.78, 5) is 21.3. The van der Waals surface area contributed by atoms with Crippen LogP contribution in [-0.2, 0) is 14.5 Å². The number of carbonyl (C=O) groups excluding carboxylic acids is 1. The minimum absolute atomic E-state index is 0.309. The fourth-order valence-corrected chi connectivity index (χ4v) is 2.13. The van der Waals surface area contributed by atoms with Crippen LogP contribution in [0.3, 0.4) is 0 Å². The Hall–Kier alpha value is -1.39. The Balaban J connectivity index is 2.13. The van der Waals surface area contributed by atoms with Crippen LogP contribution < -0.4 is 0 Å². The molecule has 1 aromatic carbocycles. The summed E-state index contributed by atoms with van der Waals surface area (Å²) in [6.07, 6.45) is 4.75. The molecule has 0 saturated carbocycles. The summed E-state index contributed by atoms with van der Waals surface area (Å²) in [5.74, 6) is 0.0894. The molecule has 1 aromatic rings. The van der Waals surface area contributed by atoms with E-state index >= 15 is 0 Å². The van der Waals surface area contributed by atoms with E-state index in [1.54, 1.807) is 12.1 Å². The number of aryl methyl sites for hydroxylation is 1. The lowest BCUT2D eigenvalue weighted by Crippen LogP contribution is -2.12. The molecular formula is C18H27O4. The molecule has 0 N–H and O–H groups in total. The normalized spacial score (nSPS) is 12.1. The smallest absolute Gasteiger partial charge is 0.373 e. The summed E-state index contributed by atoms with van der Waals surface area (Å²) in [5, 5.41) is 0. The summed E-state index contributed by atoms with van der Waals surface area (Å²) in [5.41, 5.74) is 1.36. The third kappa shape index (κ3) is 7.05. The molecule has 0 aliphatic heterocycles. The van der Waals surface area contributed by atoms with Crippen molar-refractivity contribution in [3.05, 3.63) is 42.0 Å². The molecule has 0 heterocycles. The minimum atomic E-state index is -0.497. The standard InChI is InChI=1S/C18H27O4/c1-4-6-10-16(5-2)14-20-12-13-21-22-18(19)17-11-8-7-9-15(17)3/h7-9,11,13,16H,4-6,10,12,14H2,1-3H3. The zero-order valence-electron chi connectivity index (χ0n) is 13.8. The highest BCUT2D eigenvalue weighted by atomic mass is 17.2. The SMILES string of the molecule is CCCCC(CC)COC[CH]OOC(=O)c1ccccc1C. The molecule has 0 bridgehead atoms. The maximum absolute atomic E-state index is 11.8. The lowest BCUT2D eigenvalue weighted by atomic mass is 10.0. The van der Waals surface area contributed by atoms with Gasteiger partial charge in [-0.1, -0.05) is 51.3 Å². The maximum Gasteiger partial charge on any atom is 0.373 e. The van der Waals surface area contributed by atoms with Gasteiger partial charge in [0.05, 0.1) is 12.2 Å². The maximum atomic E-state index is 11.8. The van der Waals surface area contributed by atoms with Gasteiger partial charge in [-0.15, -0.1) is 0 Å². The third-order valence-electron chi connectivity index (χ3n) is 3.64. The molecule has 0 aliphatic carbocycles. The summed E-state index contributed by atoms with van der Waals surface area (Å²) < 4.78 is 5.52. The molecule has 1 unspecified atom stereocenters. The lowest BCUT2D eigenvalue weighted by Gasteiger charge is -2.14. The van der Waals surface area contributed by atoms with E-state index in [1.165, 1.54) is 25.9 Å². The molecule has 0 fully saturated rings. The zero-order valence-corrected chi connectivity index (χ0v) is 13.8. The molecule has 1 rings (SSSR count). The first-order valence-electron chi connectivity index (χ1n) is 8.01. The van der Waals surface area contributed by atoms with Crippen molar-refractivity contribution >= 4 is 5.97 Å². The number of hydrogen-bond donors (Lipinski definition) is 0. The number of carbonyl (C=O) groups is 1. The van der Waals surface area contributed by atoms with E-state index in [9.17, 15) is 4.79 Å². The van der Waals surface area contributed by atoms with Crippen LogP contribution in [-0.4, -0.2) is 19.2 Å². The predicted molar refractivity (Wildman–Crippen MR) is 86.1 cm³/mol. The van der Waals surface area contributed by atoms with E-state index in [0.29, 0.717) is 24.7 Å². The van der Waals surface area contributed by atoms with Crippen LogP contribution in [0.4, 0.5) is 0 Å². The first kappa shape index (κ1) is 18.7. The Labute approximate surface area is 133 Å². The highest BCUT2D eigenvalue weighted by Gasteiger charge is 2.11. The van der Waals surface area contributed by atoms with Crippen LogP contribution in [0.1, 0.15) is 55.5 Å². The average molecular weight is 307 g/mol. The molecule has 123 valence electrons. The van der Waals surface area contributed by atoms with Gasteiger partial charge in [-0.2, -0.15) is 4.89 Å². The molecule has 0 amide bonds. The van der Waals surface area contributed by atoms with Gasteiger partial charge in [-0.3, -0.25) is 4.89 Å². The molecule has 0 spiro atoms. The van der Waals surface area contributed by atoms with E-state index in [-0.39, 0.29) is 0 Å². The van der Waals surface area contributed by atoms with Crippen LogP contribution >= 0.6 is 0 Å². The summed E-state index contributed by atoms with van der Waals surface area (Å²) in [7, 11) is 0. The third-order valence-corrected chi connectivity index (χ3v) is 3.64. The Kier molecular flexibility index (Phi) is 9.51. The predicted octanol–water partition coefficient (Wildman–Crippen LogP) is 4.48. The summed E-state index contributed by atoms with van der Waals surface area (Å²) in [6.45, 7) is 8.60. The number of unbranched alkanes of at least 4 members (excludes halogenated alkanes) is 1. The second kappa shape index (κ2) is 11.2. The molecule has 1 radical (unpaired) electrons. The van der Waals surface area contributed by atoms with Crippen molar-refractivity contribution in [1.29, 1.82) is 0 Å². The van der Waals surface area contributed by atoms with Crippen molar-refractivity contribution in [2.24, 2.45) is 5.92 Å². The first-order valence-corrected chi connectivity index (χ1v) is 8.01. The molecule has 0 aliphatic rings. The topological polar surface area (TPSA) is 44.8 Å². The molecule has 22 heavy (non-hydrogen) atoms. The molecular weight excluding hydrogens is 280 g/mol. The minimum Gasteiger partial charge on any atom is -0.378 e. The molecule has 4 heteroatoms. The van der Waals surface area contributed by atoms with Gasteiger partial charge in [0.1, 0.15) is 0 Å². The Morgan fingerprint density at radius 1 is 1.27 bits per heavy atom. The summed E-state index contributed by atoms with van der Waals surface area (Å²) in [6, 6.07) is 7.22. The average Bonchev–Trinajstić information content (AvgIpc) is 2.53. The highest BCUT2D eigenvalue weighted by molar-refractivity contribution is 5.90. The van der Waals surface area contributed by atoms with Crippen molar-refractivity contribution in [3.63, 3.8) is 0 Å². The van der Waals surface area contributed by atoms with Crippen LogP contribution in [0.5, 0.6) is 0 Å². The monoisotopic (exact) mass is 307 g/mol. The van der Waals surface area contributed by atoms with Gasteiger partial charge < -0.3 is 4.74 Å². The van der Waals surface area contributed by atoms with Crippen molar-refractivity contribution in [1.82, 2.24) is 0 Å². The molecule has 0 saturated heterocycles. The highest BCUT2D eigenvalue weighted by Crippen LogP contribution is 2.13. The van der Waals surface area contributed by atoms with Crippen LogP contribution in [0.25, 0.3) is 0 Å². The van der Waals surface area contributed by atoms with E-state index in [1.807, 2.05) is 19.1 Å². The van der Waals surface area contributed by atoms with E-state index in [2.05, 4.69) is 13.8 Å². The number of ether oxygens (including phenoxy) is 1. The lowest BCUT2D eigenvalue weighted by molar-refractivity contribution is -0.218. The van der Waals surface area contributed by atoms with Crippen LogP contribution in [0.15, 0.2) is 24.3 Å². The van der Waals surface area contributed by atoms with Crippen molar-refractivity contribution < 1.29 is 19.3 Å². The first-order chi connectivity index (χ1) is 10.7. The fraction of sp³-hybridized carbons (Fsp3) is 0.556. The van der Waals surface area contributed by atoms with Gasteiger partial charge in [0.15, 0.2) is 6.61 Å². The summed E-state index contributed by atoms with van der Waals surface area (Å²) >= 11 is 0. The van der Waals surface area contributed by atoms with Gasteiger partial charge in [-0.25, -0.2) is 4.79 Å². The van der Waals surface area contributed by atoms with Crippen LogP contribution in [0, 0.1) is 19.4 Å². The zero-order chi connectivity index (χ0) is 16.2. The second-order valence-electron chi connectivity index (χ2n) is 5.40. The largest absolute Gasteiger partial charge is 0.378 e. The number of hydrogen-bond acceptors (Lipinski definition) is 4. The number of benzene rings is 1. The van der Waals surface area contributed by atoms with Gasteiger partial charge in [0.2, 0.25) is 0 Å². The van der Waals surface area contributed by atoms with Gasteiger partial charge in [0, 0.05) is 6.61 Å². The quantitative estimate of drug-likeness (QED) is 0.343. The number of rotatable bonds is 11. The Morgan fingerprint density at radius 2 is 2.05 bits per heavy atom. The van der Waals surface area contributed by atoms with Gasteiger partial charge in [0.25, 0.3) is 0 Å². The van der Waals surface area contributed by atoms with Crippen molar-refractivity contribution in [3.8, 4) is 0 Å². The van der Waals surface area contributed by atoms with E-state index < -0.39 is 5.97 Å².